The Labute approximate surface area is 96.2 Å². The summed E-state index contributed by atoms with van der Waals surface area (Å²) in [4.78, 5) is 11.6. The van der Waals surface area contributed by atoms with Crippen LogP contribution in [0.15, 0.2) is 18.2 Å². The zero-order valence-electron chi connectivity index (χ0n) is 9.84. The van der Waals surface area contributed by atoms with Crippen LogP contribution in [0.25, 0.3) is 0 Å². The molecule has 0 saturated carbocycles. The number of amides is 1. The van der Waals surface area contributed by atoms with Crippen molar-refractivity contribution in [2.24, 2.45) is 5.92 Å². The Morgan fingerprint density at radius 1 is 1.44 bits per heavy atom. The van der Waals surface area contributed by atoms with Gasteiger partial charge in [0.25, 0.3) is 0 Å². The summed E-state index contributed by atoms with van der Waals surface area (Å²) in [5.74, 6) is 0.0953. The van der Waals surface area contributed by atoms with E-state index in [1.807, 2.05) is 26.0 Å². The van der Waals surface area contributed by atoms with Gasteiger partial charge < -0.3 is 10.6 Å². The van der Waals surface area contributed by atoms with Crippen LogP contribution in [0.5, 0.6) is 0 Å². The molecule has 2 N–H and O–H groups in total. The predicted molar refractivity (Wildman–Crippen MR) is 66.7 cm³/mol. The van der Waals surface area contributed by atoms with Crippen LogP contribution in [-0.2, 0) is 11.2 Å². The zero-order valence-corrected chi connectivity index (χ0v) is 9.84. The maximum absolute atomic E-state index is 11.6. The molecule has 0 atom stereocenters. The summed E-state index contributed by atoms with van der Waals surface area (Å²) in [6.07, 6.45) is 2.25. The molecule has 0 aliphatic carbocycles. The predicted octanol–water partition coefficient (Wildman–Crippen LogP) is 2.64. The van der Waals surface area contributed by atoms with Crippen LogP contribution in [0.4, 0.5) is 11.4 Å². The minimum absolute atomic E-state index is 0.0224. The highest BCUT2D eigenvalue weighted by Crippen LogP contribution is 2.25. The third-order valence-corrected chi connectivity index (χ3v) is 2.84. The summed E-state index contributed by atoms with van der Waals surface area (Å²) >= 11 is 0. The first kappa shape index (κ1) is 11.0. The van der Waals surface area contributed by atoms with Crippen molar-refractivity contribution < 1.29 is 4.79 Å². The van der Waals surface area contributed by atoms with E-state index in [9.17, 15) is 4.79 Å². The molecular formula is C13H18N2O. The lowest BCUT2D eigenvalue weighted by Gasteiger charge is -2.19. The van der Waals surface area contributed by atoms with Gasteiger partial charge in [0.05, 0.1) is 0 Å². The second kappa shape index (κ2) is 4.56. The third kappa shape index (κ3) is 2.35. The molecular weight excluding hydrogens is 200 g/mol. The Bertz CT molecular complexity index is 399. The molecule has 0 radical (unpaired) electrons. The highest BCUT2D eigenvalue weighted by Gasteiger charge is 2.11. The molecule has 1 aromatic carbocycles. The summed E-state index contributed by atoms with van der Waals surface area (Å²) < 4.78 is 0. The molecule has 1 aliphatic rings. The van der Waals surface area contributed by atoms with Crippen molar-refractivity contribution in [1.29, 1.82) is 0 Å². The molecule has 1 aliphatic heterocycles. The second-order valence-electron chi connectivity index (χ2n) is 4.55. The molecule has 16 heavy (non-hydrogen) atoms. The van der Waals surface area contributed by atoms with E-state index >= 15 is 0 Å². The molecule has 0 fully saturated rings. The first-order chi connectivity index (χ1) is 7.66. The lowest BCUT2D eigenvalue weighted by molar-refractivity contribution is -0.118. The standard InChI is InChI=1S/C13H18N2O/c1-9(2)13(16)15-11-5-6-12-10(8-11)4-3-7-14-12/h5-6,8-9,14H,3-4,7H2,1-2H3,(H,15,16). The van der Waals surface area contributed by atoms with E-state index in [1.54, 1.807) is 0 Å². The number of hydrogen-bond donors (Lipinski definition) is 2. The molecule has 1 heterocycles. The molecule has 3 nitrogen and oxygen atoms in total. The van der Waals surface area contributed by atoms with E-state index in [4.69, 9.17) is 0 Å². The van der Waals surface area contributed by atoms with Gasteiger partial charge in [0.15, 0.2) is 0 Å². The Hall–Kier alpha value is -1.51. The van der Waals surface area contributed by atoms with Crippen molar-refractivity contribution >= 4 is 17.3 Å². The lowest BCUT2D eigenvalue weighted by Crippen LogP contribution is -2.18. The number of rotatable bonds is 2. The molecule has 0 saturated heterocycles. The van der Waals surface area contributed by atoms with E-state index in [0.29, 0.717) is 0 Å². The van der Waals surface area contributed by atoms with Gasteiger partial charge in [-0.1, -0.05) is 13.8 Å². The average molecular weight is 218 g/mol. The van der Waals surface area contributed by atoms with E-state index in [1.165, 1.54) is 11.3 Å². The summed E-state index contributed by atoms with van der Waals surface area (Å²) in [7, 11) is 0. The van der Waals surface area contributed by atoms with Gasteiger partial charge in [0.2, 0.25) is 5.91 Å². The van der Waals surface area contributed by atoms with Crippen molar-refractivity contribution in [3.05, 3.63) is 23.8 Å². The first-order valence-electron chi connectivity index (χ1n) is 5.84. The SMILES string of the molecule is CC(C)C(=O)Nc1ccc2c(c1)CCCN2. The van der Waals surface area contributed by atoms with Crippen LogP contribution in [0, 0.1) is 5.92 Å². The normalized spacial score (nSPS) is 14.2. The van der Waals surface area contributed by atoms with Crippen molar-refractivity contribution in [2.45, 2.75) is 26.7 Å². The van der Waals surface area contributed by atoms with Crippen molar-refractivity contribution in [3.63, 3.8) is 0 Å². The molecule has 2 rings (SSSR count). The smallest absolute Gasteiger partial charge is 0.226 e. The van der Waals surface area contributed by atoms with Gasteiger partial charge in [-0.15, -0.1) is 0 Å². The Balaban J connectivity index is 2.14. The summed E-state index contributed by atoms with van der Waals surface area (Å²) in [5.41, 5.74) is 3.41. The van der Waals surface area contributed by atoms with Crippen LogP contribution < -0.4 is 10.6 Å². The maximum atomic E-state index is 11.6. The number of fused-ring (bicyclic) bond motifs is 1. The van der Waals surface area contributed by atoms with Gasteiger partial charge in [-0.25, -0.2) is 0 Å². The van der Waals surface area contributed by atoms with Crippen molar-refractivity contribution in [1.82, 2.24) is 0 Å². The van der Waals surface area contributed by atoms with Crippen molar-refractivity contribution in [3.8, 4) is 0 Å². The summed E-state index contributed by atoms with van der Waals surface area (Å²) in [5, 5.41) is 6.28. The van der Waals surface area contributed by atoms with Gasteiger partial charge >= 0.3 is 0 Å². The van der Waals surface area contributed by atoms with Crippen molar-refractivity contribution in [2.75, 3.05) is 17.2 Å². The molecule has 3 heteroatoms. The Morgan fingerprint density at radius 3 is 3.00 bits per heavy atom. The molecule has 0 aromatic heterocycles. The van der Waals surface area contributed by atoms with E-state index in [-0.39, 0.29) is 11.8 Å². The molecule has 0 unspecified atom stereocenters. The molecule has 0 bridgehead atoms. The highest BCUT2D eigenvalue weighted by molar-refractivity contribution is 5.92. The van der Waals surface area contributed by atoms with Gasteiger partial charge in [0, 0.05) is 23.8 Å². The minimum Gasteiger partial charge on any atom is -0.385 e. The van der Waals surface area contributed by atoms with Crippen LogP contribution in [0.1, 0.15) is 25.8 Å². The fourth-order valence-corrected chi connectivity index (χ4v) is 1.84. The zero-order chi connectivity index (χ0) is 11.5. The van der Waals surface area contributed by atoms with Crippen LogP contribution >= 0.6 is 0 Å². The number of carbonyl (C=O) groups excluding carboxylic acids is 1. The number of benzene rings is 1. The van der Waals surface area contributed by atoms with Gasteiger partial charge in [-0.3, -0.25) is 4.79 Å². The second-order valence-corrected chi connectivity index (χ2v) is 4.55. The largest absolute Gasteiger partial charge is 0.385 e. The minimum atomic E-state index is 0.0224. The van der Waals surface area contributed by atoms with Gasteiger partial charge in [-0.2, -0.15) is 0 Å². The highest BCUT2D eigenvalue weighted by atomic mass is 16.1. The van der Waals surface area contributed by atoms with Gasteiger partial charge in [-0.05, 0) is 36.6 Å². The molecule has 1 aromatic rings. The van der Waals surface area contributed by atoms with E-state index in [0.717, 1.165) is 25.1 Å². The molecule has 1 amide bonds. The topological polar surface area (TPSA) is 41.1 Å². The Morgan fingerprint density at radius 2 is 2.25 bits per heavy atom. The van der Waals surface area contributed by atoms with Gasteiger partial charge in [0.1, 0.15) is 0 Å². The number of aryl methyl sites for hydroxylation is 1. The number of carbonyl (C=O) groups is 1. The first-order valence-corrected chi connectivity index (χ1v) is 5.84. The summed E-state index contributed by atoms with van der Waals surface area (Å²) in [6, 6.07) is 6.07. The van der Waals surface area contributed by atoms with E-state index < -0.39 is 0 Å². The molecule has 0 spiro atoms. The fraction of sp³-hybridized carbons (Fsp3) is 0.462. The van der Waals surface area contributed by atoms with E-state index in [2.05, 4.69) is 16.7 Å². The van der Waals surface area contributed by atoms with Crippen LogP contribution in [0.2, 0.25) is 0 Å². The number of nitrogens with one attached hydrogen (secondary N) is 2. The third-order valence-electron chi connectivity index (χ3n) is 2.84. The lowest BCUT2D eigenvalue weighted by atomic mass is 10.0. The quantitative estimate of drug-likeness (QED) is 0.801. The fourth-order valence-electron chi connectivity index (χ4n) is 1.84. The maximum Gasteiger partial charge on any atom is 0.226 e. The monoisotopic (exact) mass is 218 g/mol. The summed E-state index contributed by atoms with van der Waals surface area (Å²) in [6.45, 7) is 4.84. The Kier molecular flexibility index (Phi) is 3.13. The average Bonchev–Trinajstić information content (AvgIpc) is 2.28. The number of hydrogen-bond acceptors (Lipinski definition) is 2. The van der Waals surface area contributed by atoms with Crippen LogP contribution in [0.3, 0.4) is 0 Å². The molecule has 86 valence electrons. The van der Waals surface area contributed by atoms with Crippen LogP contribution in [-0.4, -0.2) is 12.5 Å². The number of anilines is 2.